The van der Waals surface area contributed by atoms with E-state index in [4.69, 9.17) is 10.5 Å². The molecule has 0 radical (unpaired) electrons. The van der Waals surface area contributed by atoms with Crippen molar-refractivity contribution in [3.05, 3.63) is 23.9 Å². The van der Waals surface area contributed by atoms with Gasteiger partial charge >= 0.3 is 0 Å². The average Bonchev–Trinajstić information content (AvgIpc) is 2.70. The quantitative estimate of drug-likeness (QED) is 0.638. The molecule has 0 aliphatic carbocycles. The zero-order chi connectivity index (χ0) is 8.84. The molecule has 2 aromatic rings. The highest BCUT2D eigenvalue weighted by Crippen LogP contribution is 2.32. The summed E-state index contributed by atoms with van der Waals surface area (Å²) < 4.78 is 5.46. The van der Waals surface area contributed by atoms with Gasteiger partial charge in [-0.3, -0.25) is 0 Å². The van der Waals surface area contributed by atoms with Gasteiger partial charge in [0.15, 0.2) is 0 Å². The van der Waals surface area contributed by atoms with Gasteiger partial charge < -0.3 is 15.5 Å². The van der Waals surface area contributed by atoms with Crippen molar-refractivity contribution in [3.8, 4) is 5.75 Å². The summed E-state index contributed by atoms with van der Waals surface area (Å²) in [6.45, 7) is 0.793. The van der Waals surface area contributed by atoms with Gasteiger partial charge in [-0.2, -0.15) is 0 Å². The zero-order valence-electron chi connectivity index (χ0n) is 7.13. The number of aromatic amines is 1. The highest BCUT2D eigenvalue weighted by Gasteiger charge is 2.14. The first-order chi connectivity index (χ1) is 6.34. The van der Waals surface area contributed by atoms with E-state index in [1.165, 1.54) is 5.56 Å². The minimum atomic E-state index is 0.785. The lowest BCUT2D eigenvalue weighted by atomic mass is 10.1. The van der Waals surface area contributed by atoms with E-state index >= 15 is 0 Å². The third-order valence-corrected chi connectivity index (χ3v) is 2.52. The molecule has 3 N–H and O–H groups in total. The van der Waals surface area contributed by atoms with Gasteiger partial charge in [0.25, 0.3) is 0 Å². The first kappa shape index (κ1) is 6.83. The van der Waals surface area contributed by atoms with E-state index in [0.717, 1.165) is 35.4 Å². The van der Waals surface area contributed by atoms with Gasteiger partial charge in [0.2, 0.25) is 0 Å². The van der Waals surface area contributed by atoms with Crippen LogP contribution in [0.3, 0.4) is 0 Å². The van der Waals surface area contributed by atoms with Crippen molar-refractivity contribution in [2.24, 2.45) is 0 Å². The molecule has 0 amide bonds. The Morgan fingerprint density at radius 3 is 3.23 bits per heavy atom. The van der Waals surface area contributed by atoms with Gasteiger partial charge in [0.1, 0.15) is 5.75 Å². The Labute approximate surface area is 75.5 Å². The lowest BCUT2D eigenvalue weighted by molar-refractivity contribution is 0.357. The van der Waals surface area contributed by atoms with Crippen molar-refractivity contribution >= 4 is 16.6 Å². The Morgan fingerprint density at radius 1 is 1.38 bits per heavy atom. The lowest BCUT2D eigenvalue weighted by Gasteiger charge is -1.98. The molecule has 3 nitrogen and oxygen atoms in total. The molecule has 3 heteroatoms. The summed E-state index contributed by atoms with van der Waals surface area (Å²) in [4.78, 5) is 3.14. The van der Waals surface area contributed by atoms with Crippen LogP contribution in [-0.2, 0) is 6.42 Å². The number of H-pyrrole nitrogens is 1. The number of fused-ring (bicyclic) bond motifs is 2. The van der Waals surface area contributed by atoms with E-state index in [-0.39, 0.29) is 0 Å². The molecule has 0 saturated carbocycles. The average molecular weight is 174 g/mol. The Kier molecular flexibility index (Phi) is 1.15. The van der Waals surface area contributed by atoms with E-state index in [9.17, 15) is 0 Å². The van der Waals surface area contributed by atoms with Gasteiger partial charge in [0, 0.05) is 23.5 Å². The molecule has 1 aromatic carbocycles. The standard InChI is InChI=1S/C10H10N2O/c11-8-5-12-9-3-6-1-2-13-10(6)4-7(8)9/h3-5,12H,1-2,11H2. The van der Waals surface area contributed by atoms with Crippen molar-refractivity contribution in [2.45, 2.75) is 6.42 Å². The lowest BCUT2D eigenvalue weighted by Crippen LogP contribution is -1.86. The normalized spacial score (nSPS) is 14.5. The summed E-state index contributed by atoms with van der Waals surface area (Å²) in [5.74, 6) is 0.985. The summed E-state index contributed by atoms with van der Waals surface area (Å²) >= 11 is 0. The maximum Gasteiger partial charge on any atom is 0.123 e. The molecule has 1 aliphatic heterocycles. The molecular formula is C10H10N2O. The molecule has 2 heterocycles. The van der Waals surface area contributed by atoms with Crippen molar-refractivity contribution < 1.29 is 4.74 Å². The smallest absolute Gasteiger partial charge is 0.123 e. The monoisotopic (exact) mass is 174 g/mol. The van der Waals surface area contributed by atoms with Crippen LogP contribution in [0, 0.1) is 0 Å². The summed E-state index contributed by atoms with van der Waals surface area (Å²) in [6.07, 6.45) is 2.82. The van der Waals surface area contributed by atoms with Crippen molar-refractivity contribution in [3.63, 3.8) is 0 Å². The summed E-state index contributed by atoms with van der Waals surface area (Å²) in [7, 11) is 0. The van der Waals surface area contributed by atoms with Crippen LogP contribution in [0.4, 0.5) is 5.69 Å². The number of ether oxygens (including phenoxy) is 1. The van der Waals surface area contributed by atoms with Crippen LogP contribution in [0.15, 0.2) is 18.3 Å². The van der Waals surface area contributed by atoms with Crippen molar-refractivity contribution in [2.75, 3.05) is 12.3 Å². The maximum absolute atomic E-state index is 5.78. The number of nitrogen functional groups attached to an aromatic ring is 1. The largest absolute Gasteiger partial charge is 0.493 e. The SMILES string of the molecule is Nc1c[nH]c2cc3c(cc12)OCC3. The Morgan fingerprint density at radius 2 is 2.31 bits per heavy atom. The number of hydrogen-bond acceptors (Lipinski definition) is 2. The number of nitrogens with two attached hydrogens (primary N) is 1. The van der Waals surface area contributed by atoms with Crippen LogP contribution < -0.4 is 10.5 Å². The minimum absolute atomic E-state index is 0.785. The molecule has 1 aromatic heterocycles. The molecule has 0 spiro atoms. The fourth-order valence-corrected chi connectivity index (χ4v) is 1.82. The zero-order valence-corrected chi connectivity index (χ0v) is 7.13. The van der Waals surface area contributed by atoms with Gasteiger partial charge in [-0.15, -0.1) is 0 Å². The summed E-state index contributed by atoms with van der Waals surface area (Å²) in [5, 5.41) is 1.06. The number of benzene rings is 1. The highest BCUT2D eigenvalue weighted by atomic mass is 16.5. The topological polar surface area (TPSA) is 51.0 Å². The first-order valence-corrected chi connectivity index (χ1v) is 4.37. The van der Waals surface area contributed by atoms with Crippen LogP contribution in [0.5, 0.6) is 5.75 Å². The summed E-state index contributed by atoms with van der Waals surface area (Å²) in [5.41, 5.74) is 8.94. The molecule has 66 valence electrons. The predicted octanol–water partition coefficient (Wildman–Crippen LogP) is 1.69. The maximum atomic E-state index is 5.78. The molecule has 0 saturated heterocycles. The predicted molar refractivity (Wildman–Crippen MR) is 51.9 cm³/mol. The van der Waals surface area contributed by atoms with E-state index in [1.54, 1.807) is 0 Å². The Hall–Kier alpha value is -1.64. The molecule has 3 rings (SSSR count). The third kappa shape index (κ3) is 0.840. The van der Waals surface area contributed by atoms with Crippen LogP contribution in [-0.4, -0.2) is 11.6 Å². The van der Waals surface area contributed by atoms with E-state index in [2.05, 4.69) is 11.1 Å². The second kappa shape index (κ2) is 2.19. The molecule has 13 heavy (non-hydrogen) atoms. The first-order valence-electron chi connectivity index (χ1n) is 4.37. The number of aromatic nitrogens is 1. The van der Waals surface area contributed by atoms with E-state index in [1.807, 2.05) is 12.3 Å². The molecule has 0 bridgehead atoms. The van der Waals surface area contributed by atoms with Gasteiger partial charge in [-0.25, -0.2) is 0 Å². The van der Waals surface area contributed by atoms with Crippen LogP contribution in [0.25, 0.3) is 10.9 Å². The number of anilines is 1. The molecular weight excluding hydrogens is 164 g/mol. The second-order valence-corrected chi connectivity index (χ2v) is 3.35. The van der Waals surface area contributed by atoms with Gasteiger partial charge in [-0.1, -0.05) is 0 Å². The van der Waals surface area contributed by atoms with Crippen LogP contribution >= 0.6 is 0 Å². The Bertz CT molecular complexity index is 473. The Balaban J connectivity index is 2.38. The van der Waals surface area contributed by atoms with Crippen LogP contribution in [0.1, 0.15) is 5.56 Å². The number of hydrogen-bond donors (Lipinski definition) is 2. The highest BCUT2D eigenvalue weighted by molar-refractivity contribution is 5.93. The minimum Gasteiger partial charge on any atom is -0.493 e. The van der Waals surface area contributed by atoms with Crippen molar-refractivity contribution in [1.29, 1.82) is 0 Å². The van der Waals surface area contributed by atoms with E-state index in [0.29, 0.717) is 0 Å². The second-order valence-electron chi connectivity index (χ2n) is 3.35. The number of nitrogens with one attached hydrogen (secondary N) is 1. The third-order valence-electron chi connectivity index (χ3n) is 2.52. The molecule has 0 unspecified atom stereocenters. The fourth-order valence-electron chi connectivity index (χ4n) is 1.82. The van der Waals surface area contributed by atoms with Gasteiger partial charge in [0.05, 0.1) is 12.3 Å². The number of rotatable bonds is 0. The summed E-state index contributed by atoms with van der Waals surface area (Å²) in [6, 6.07) is 4.14. The van der Waals surface area contributed by atoms with Crippen molar-refractivity contribution in [1.82, 2.24) is 4.98 Å². The molecule has 0 fully saturated rings. The van der Waals surface area contributed by atoms with Gasteiger partial charge in [-0.05, 0) is 17.7 Å². The fraction of sp³-hybridized carbons (Fsp3) is 0.200. The van der Waals surface area contributed by atoms with Crippen LogP contribution in [0.2, 0.25) is 0 Å². The molecule has 0 atom stereocenters. The van der Waals surface area contributed by atoms with E-state index < -0.39 is 0 Å². The molecule has 1 aliphatic rings.